The number of rotatable bonds is 1. The number of anilines is 1. The van der Waals surface area contributed by atoms with Crippen LogP contribution in [0.3, 0.4) is 0 Å². The molecular weight excluding hydrogens is 532 g/mol. The molecule has 12 heteroatoms. The van der Waals surface area contributed by atoms with Crippen molar-refractivity contribution in [3.63, 3.8) is 0 Å². The van der Waals surface area contributed by atoms with Gasteiger partial charge in [-0.1, -0.05) is 70.0 Å². The van der Waals surface area contributed by atoms with Crippen LogP contribution in [0.1, 0.15) is 58.1 Å². The highest BCUT2D eigenvalue weighted by Crippen LogP contribution is 2.33. The second-order valence-electron chi connectivity index (χ2n) is 8.01. The summed E-state index contributed by atoms with van der Waals surface area (Å²) in [6.45, 7) is 7.32. The first-order valence-corrected chi connectivity index (χ1v) is 12.7. The normalized spacial score (nSPS) is 18.5. The fourth-order valence-electron chi connectivity index (χ4n) is 3.63. The Labute approximate surface area is 225 Å². The van der Waals surface area contributed by atoms with Gasteiger partial charge in [0.15, 0.2) is 6.04 Å². The lowest BCUT2D eigenvalue weighted by atomic mass is 10.0. The average Bonchev–Trinajstić information content (AvgIpc) is 3.29. The SMILES string of the molecule is C1CCCCC1.C=CC1C=NN(C)C1C(F)(F)F.CC.CN.Nc1cc(C(F)(F)F)nc2ccc(Cl)cc12. The summed E-state index contributed by atoms with van der Waals surface area (Å²) in [6.07, 6.45) is 2.77. The Morgan fingerprint density at radius 1 is 0.974 bits per heavy atom. The molecule has 1 fully saturated rings. The van der Waals surface area contributed by atoms with Gasteiger partial charge >= 0.3 is 12.4 Å². The van der Waals surface area contributed by atoms with Gasteiger partial charge in [-0.25, -0.2) is 4.98 Å². The number of benzene rings is 1. The van der Waals surface area contributed by atoms with Crippen LogP contribution in [0.4, 0.5) is 32.0 Å². The second-order valence-corrected chi connectivity index (χ2v) is 8.45. The van der Waals surface area contributed by atoms with Gasteiger partial charge in [-0.3, -0.25) is 5.01 Å². The van der Waals surface area contributed by atoms with Crippen molar-refractivity contribution in [2.45, 2.75) is 70.8 Å². The molecule has 1 aliphatic heterocycles. The van der Waals surface area contributed by atoms with Crippen molar-refractivity contribution < 1.29 is 26.3 Å². The van der Waals surface area contributed by atoms with Crippen LogP contribution in [0.5, 0.6) is 0 Å². The number of aromatic nitrogens is 1. The molecule has 4 N–H and O–H groups in total. The number of pyridine rings is 1. The van der Waals surface area contributed by atoms with E-state index in [9.17, 15) is 26.3 Å². The highest BCUT2D eigenvalue weighted by molar-refractivity contribution is 6.31. The minimum atomic E-state index is -4.50. The molecule has 2 atom stereocenters. The van der Waals surface area contributed by atoms with Crippen LogP contribution in [-0.2, 0) is 6.18 Å². The molecule has 2 heterocycles. The third-order valence-electron chi connectivity index (χ3n) is 5.39. The number of fused-ring (bicyclic) bond motifs is 1. The number of nitrogen functional groups attached to an aromatic ring is 1. The van der Waals surface area contributed by atoms with Crippen molar-refractivity contribution in [2.24, 2.45) is 16.8 Å². The Morgan fingerprint density at radius 3 is 1.87 bits per heavy atom. The maximum Gasteiger partial charge on any atom is 0.433 e. The van der Waals surface area contributed by atoms with Crippen LogP contribution in [0, 0.1) is 5.92 Å². The van der Waals surface area contributed by atoms with Gasteiger partial charge in [0.2, 0.25) is 0 Å². The predicted octanol–water partition coefficient (Wildman–Crippen LogP) is 8.08. The van der Waals surface area contributed by atoms with Gasteiger partial charge in [-0.05, 0) is 31.3 Å². The molecule has 38 heavy (non-hydrogen) atoms. The van der Waals surface area contributed by atoms with E-state index in [0.29, 0.717) is 10.4 Å². The second kappa shape index (κ2) is 17.1. The molecule has 1 aromatic carbocycles. The van der Waals surface area contributed by atoms with Crippen LogP contribution in [-0.4, -0.2) is 42.5 Å². The Kier molecular flexibility index (Phi) is 16.0. The molecule has 1 saturated carbocycles. The summed E-state index contributed by atoms with van der Waals surface area (Å²) in [5, 5.41) is 5.28. The van der Waals surface area contributed by atoms with E-state index in [1.165, 1.54) is 83.1 Å². The third-order valence-corrected chi connectivity index (χ3v) is 5.62. The molecule has 216 valence electrons. The van der Waals surface area contributed by atoms with Gasteiger partial charge in [-0.2, -0.15) is 31.4 Å². The van der Waals surface area contributed by atoms with Crippen LogP contribution < -0.4 is 11.5 Å². The minimum Gasteiger partial charge on any atom is -0.398 e. The molecule has 0 bridgehead atoms. The number of hydrogen-bond donors (Lipinski definition) is 2. The molecule has 2 aliphatic rings. The van der Waals surface area contributed by atoms with Crippen molar-refractivity contribution in [1.29, 1.82) is 0 Å². The summed E-state index contributed by atoms with van der Waals surface area (Å²) < 4.78 is 74.1. The number of alkyl halides is 6. The maximum absolute atomic E-state index is 12.4. The number of hydrogen-bond acceptors (Lipinski definition) is 5. The first kappa shape index (κ1) is 35.5. The molecule has 0 amide bonds. The monoisotopic (exact) mass is 569 g/mol. The van der Waals surface area contributed by atoms with E-state index < -0.39 is 30.0 Å². The lowest BCUT2D eigenvalue weighted by Crippen LogP contribution is -2.42. The fourth-order valence-corrected chi connectivity index (χ4v) is 3.81. The van der Waals surface area contributed by atoms with Crippen molar-refractivity contribution in [1.82, 2.24) is 9.99 Å². The number of halogens is 7. The molecule has 1 aliphatic carbocycles. The lowest BCUT2D eigenvalue weighted by molar-refractivity contribution is -0.180. The Hall–Kier alpha value is -2.53. The standard InChI is InChI=1S/C10H6ClF3N2.C7H9F3N2.C6H12.C2H6.CH5N/c11-5-1-2-8-6(3-5)7(15)4-9(16-8)10(12,13)14;1-3-5-4-11-12(2)6(5)7(8,9)10;1-2-4-6-5-3-1;2*1-2/h1-4H,(H2,15,16);3-6H,1H2,2H3;1-6H2;1-2H3;2H2,1H3. The van der Waals surface area contributed by atoms with Crippen molar-refractivity contribution >= 4 is 34.4 Å². The highest BCUT2D eigenvalue weighted by atomic mass is 35.5. The smallest absolute Gasteiger partial charge is 0.398 e. The van der Waals surface area contributed by atoms with Gasteiger partial charge in [0, 0.05) is 35.3 Å². The zero-order chi connectivity index (χ0) is 29.5. The van der Waals surface area contributed by atoms with Crippen molar-refractivity contribution in [2.75, 3.05) is 19.8 Å². The molecule has 5 nitrogen and oxygen atoms in total. The van der Waals surface area contributed by atoms with Gasteiger partial charge in [-0.15, -0.1) is 6.58 Å². The largest absolute Gasteiger partial charge is 0.433 e. The zero-order valence-corrected chi connectivity index (χ0v) is 23.0. The Balaban J connectivity index is 0.000000547. The summed E-state index contributed by atoms with van der Waals surface area (Å²) in [5.41, 5.74) is 9.22. The Bertz CT molecular complexity index is 979. The van der Waals surface area contributed by atoms with E-state index in [1.807, 2.05) is 13.8 Å². The van der Waals surface area contributed by atoms with Crippen molar-refractivity contribution in [3.05, 3.63) is 47.6 Å². The topological polar surface area (TPSA) is 80.5 Å². The number of nitrogens with zero attached hydrogens (tertiary/aromatic N) is 3. The third kappa shape index (κ3) is 11.5. The van der Waals surface area contributed by atoms with Gasteiger partial charge < -0.3 is 11.5 Å². The molecule has 2 aromatic rings. The highest BCUT2D eigenvalue weighted by Gasteiger charge is 2.48. The van der Waals surface area contributed by atoms with E-state index in [-0.39, 0.29) is 11.2 Å². The van der Waals surface area contributed by atoms with E-state index in [0.717, 1.165) is 11.1 Å². The van der Waals surface area contributed by atoms with E-state index in [2.05, 4.69) is 22.4 Å². The molecule has 0 spiro atoms. The summed E-state index contributed by atoms with van der Waals surface area (Å²) in [7, 11) is 2.80. The predicted molar refractivity (Wildman–Crippen MR) is 145 cm³/mol. The minimum absolute atomic E-state index is 0.0137. The summed E-state index contributed by atoms with van der Waals surface area (Å²) >= 11 is 5.71. The van der Waals surface area contributed by atoms with Crippen molar-refractivity contribution in [3.8, 4) is 0 Å². The molecular formula is C26H38ClF6N5. The first-order valence-electron chi connectivity index (χ1n) is 12.3. The lowest BCUT2D eigenvalue weighted by Gasteiger charge is -2.24. The van der Waals surface area contributed by atoms with Gasteiger partial charge in [0.1, 0.15) is 5.69 Å². The molecule has 0 radical (unpaired) electrons. The molecule has 4 rings (SSSR count). The average molecular weight is 570 g/mol. The van der Waals surface area contributed by atoms with Gasteiger partial charge in [0.05, 0.1) is 5.52 Å². The Morgan fingerprint density at radius 2 is 1.47 bits per heavy atom. The molecule has 0 saturated heterocycles. The van der Waals surface area contributed by atoms with Crippen LogP contribution in [0.2, 0.25) is 5.02 Å². The summed E-state index contributed by atoms with van der Waals surface area (Å²) in [4.78, 5) is 3.48. The molecule has 2 unspecified atom stereocenters. The van der Waals surface area contributed by atoms with E-state index in [1.54, 1.807) is 0 Å². The van der Waals surface area contributed by atoms with E-state index >= 15 is 0 Å². The number of hydrazone groups is 1. The quantitative estimate of drug-likeness (QED) is 0.269. The van der Waals surface area contributed by atoms with Crippen LogP contribution in [0.25, 0.3) is 10.9 Å². The number of nitrogens with two attached hydrogens (primary N) is 2. The fraction of sp³-hybridized carbons (Fsp3) is 0.538. The van der Waals surface area contributed by atoms with Crippen LogP contribution in [0.15, 0.2) is 42.0 Å². The van der Waals surface area contributed by atoms with Gasteiger partial charge in [0.25, 0.3) is 0 Å². The van der Waals surface area contributed by atoms with E-state index in [4.69, 9.17) is 17.3 Å². The maximum atomic E-state index is 12.4. The molecule has 1 aromatic heterocycles. The zero-order valence-electron chi connectivity index (χ0n) is 22.2. The van der Waals surface area contributed by atoms with Crippen LogP contribution >= 0.6 is 11.6 Å². The first-order chi connectivity index (χ1) is 17.8. The summed E-state index contributed by atoms with van der Waals surface area (Å²) in [6, 6.07) is 3.62. The summed E-state index contributed by atoms with van der Waals surface area (Å²) in [5.74, 6) is -0.727.